The fourth-order valence-electron chi connectivity index (χ4n) is 3.55. The number of carboxylic acids is 1. The molecule has 1 aromatic rings. The Balaban J connectivity index is 1.93. The molecule has 0 saturated heterocycles. The number of aliphatic hydroxyl groups is 1. The van der Waals surface area contributed by atoms with Crippen LogP contribution in [0.4, 0.5) is 10.7 Å². The van der Waals surface area contributed by atoms with E-state index in [1.165, 1.54) is 4.57 Å². The lowest BCUT2D eigenvalue weighted by atomic mass is 10.0. The Morgan fingerprint density at radius 3 is 2.68 bits per heavy atom. The number of carboxylic acid groups (broad SMARTS) is 1. The van der Waals surface area contributed by atoms with Gasteiger partial charge in [0.2, 0.25) is 5.95 Å². The second-order valence-corrected chi connectivity index (χ2v) is 6.74. The zero-order chi connectivity index (χ0) is 20.7. The van der Waals surface area contributed by atoms with Gasteiger partial charge in [-0.05, 0) is 6.92 Å². The van der Waals surface area contributed by atoms with Crippen LogP contribution >= 0.6 is 0 Å². The van der Waals surface area contributed by atoms with Crippen molar-refractivity contribution in [3.05, 3.63) is 11.4 Å². The number of nitrogens with zero attached hydrogens (tertiary/aromatic N) is 5. The summed E-state index contributed by atoms with van der Waals surface area (Å²) in [5.74, 6) is -1.36. The number of hydrogen-bond acceptors (Lipinski definition) is 9. The highest BCUT2D eigenvalue weighted by molar-refractivity contribution is 5.93. The highest BCUT2D eigenvalue weighted by atomic mass is 16.5. The molecule has 0 aliphatic carbocycles. The highest BCUT2D eigenvalue weighted by Gasteiger charge is 2.46. The van der Waals surface area contributed by atoms with E-state index >= 15 is 0 Å². The monoisotopic (exact) mass is 394 g/mol. The van der Waals surface area contributed by atoms with Gasteiger partial charge in [0, 0.05) is 20.5 Å². The number of carbonyl (C=O) groups is 3. The first-order chi connectivity index (χ1) is 13.2. The maximum absolute atomic E-state index is 13.0. The Labute approximate surface area is 160 Å². The smallest absolute Gasteiger partial charge is 0.407 e. The molecule has 1 aromatic heterocycles. The summed E-state index contributed by atoms with van der Waals surface area (Å²) in [5.41, 5.74) is 0.837. The third kappa shape index (κ3) is 3.05. The summed E-state index contributed by atoms with van der Waals surface area (Å²) < 4.78 is 5.75. The van der Waals surface area contributed by atoms with Crippen LogP contribution in [0.5, 0.6) is 0 Å². The number of aryl methyl sites for hydroxylation is 1. The van der Waals surface area contributed by atoms with Gasteiger partial charge < -0.3 is 30.1 Å². The number of fused-ring (bicyclic) bond motifs is 2. The van der Waals surface area contributed by atoms with Crippen molar-refractivity contribution < 1.29 is 29.3 Å². The molecule has 4 atom stereocenters. The van der Waals surface area contributed by atoms with Crippen molar-refractivity contribution >= 4 is 30.3 Å². The van der Waals surface area contributed by atoms with Crippen molar-refractivity contribution in [1.29, 1.82) is 0 Å². The lowest BCUT2D eigenvalue weighted by Crippen LogP contribution is -2.56. The summed E-state index contributed by atoms with van der Waals surface area (Å²) in [4.78, 5) is 48.1. The average Bonchev–Trinajstić information content (AvgIpc) is 3.18. The van der Waals surface area contributed by atoms with Crippen molar-refractivity contribution in [3.8, 4) is 0 Å². The number of nitrogens with one attached hydrogen (secondary N) is 1. The van der Waals surface area contributed by atoms with Crippen molar-refractivity contribution in [3.63, 3.8) is 0 Å². The van der Waals surface area contributed by atoms with Crippen LogP contribution in [-0.4, -0.2) is 94.5 Å². The molecule has 0 saturated carbocycles. The molecule has 1 amide bonds. The molecule has 0 aromatic carbocycles. The Morgan fingerprint density at radius 2 is 2.07 bits per heavy atom. The molecule has 3 rings (SSSR count). The van der Waals surface area contributed by atoms with E-state index in [0.29, 0.717) is 17.3 Å². The van der Waals surface area contributed by atoms with Crippen LogP contribution in [0.1, 0.15) is 16.2 Å². The van der Waals surface area contributed by atoms with Crippen molar-refractivity contribution in [2.24, 2.45) is 4.99 Å². The molecule has 4 unspecified atom stereocenters. The molecule has 3 N–H and O–H groups in total. The third-order valence-electron chi connectivity index (χ3n) is 4.96. The van der Waals surface area contributed by atoms with E-state index in [2.05, 4.69) is 20.0 Å². The largest absolute Gasteiger partial charge is 0.480 e. The molecule has 2 aliphatic rings. The lowest BCUT2D eigenvalue weighted by molar-refractivity contribution is -0.142. The van der Waals surface area contributed by atoms with E-state index in [1.54, 1.807) is 20.3 Å². The van der Waals surface area contributed by atoms with E-state index in [-0.39, 0.29) is 18.5 Å². The molecule has 0 spiro atoms. The van der Waals surface area contributed by atoms with E-state index in [9.17, 15) is 24.6 Å². The fourth-order valence-corrected chi connectivity index (χ4v) is 3.55. The second-order valence-electron chi connectivity index (χ2n) is 6.74. The third-order valence-corrected chi connectivity index (χ3v) is 4.96. The number of ether oxygens (including phenoxy) is 1. The molecular weight excluding hydrogens is 372 g/mol. The Morgan fingerprint density at radius 1 is 1.39 bits per heavy atom. The number of amides is 1. The first kappa shape index (κ1) is 19.6. The van der Waals surface area contributed by atoms with Gasteiger partial charge in [0.25, 0.3) is 5.91 Å². The number of alkyl carbamates (subject to hydrolysis) is 1. The number of aromatic nitrogens is 2. The molecule has 2 aliphatic heterocycles. The fraction of sp³-hybridized carbons (Fsp3) is 0.562. The summed E-state index contributed by atoms with van der Waals surface area (Å²) in [6.07, 6.45) is -1.43. The Bertz CT molecular complexity index is 851. The number of methoxy groups -OCH3 is 1. The molecule has 12 heteroatoms. The molecule has 28 heavy (non-hydrogen) atoms. The van der Waals surface area contributed by atoms with Gasteiger partial charge in [0.05, 0.1) is 30.9 Å². The van der Waals surface area contributed by atoms with E-state index in [1.807, 2.05) is 16.8 Å². The first-order valence-electron chi connectivity index (χ1n) is 8.53. The van der Waals surface area contributed by atoms with Crippen molar-refractivity contribution in [2.45, 2.75) is 37.7 Å². The van der Waals surface area contributed by atoms with Crippen molar-refractivity contribution in [2.75, 3.05) is 26.1 Å². The second kappa shape index (κ2) is 7.11. The minimum Gasteiger partial charge on any atom is -0.480 e. The van der Waals surface area contributed by atoms with Gasteiger partial charge in [0.1, 0.15) is 6.17 Å². The van der Waals surface area contributed by atoms with Crippen LogP contribution in [0.15, 0.2) is 4.99 Å². The van der Waals surface area contributed by atoms with Crippen LogP contribution in [0.25, 0.3) is 0 Å². The molecule has 0 radical (unpaired) electrons. The number of imidazole rings is 1. The highest BCUT2D eigenvalue weighted by Crippen LogP contribution is 2.31. The van der Waals surface area contributed by atoms with Crippen molar-refractivity contribution in [1.82, 2.24) is 19.8 Å². The molecule has 0 bridgehead atoms. The van der Waals surface area contributed by atoms with E-state index < -0.39 is 30.3 Å². The number of rotatable bonds is 5. The number of aliphatic hydroxyl groups excluding tert-OH is 1. The molecule has 152 valence electrons. The zero-order valence-electron chi connectivity index (χ0n) is 15.9. The van der Waals surface area contributed by atoms with Gasteiger partial charge in [-0.3, -0.25) is 14.4 Å². The number of likely N-dealkylation sites (N-methyl/N-ethyl adjacent to an activating group) is 2. The first-order valence-corrected chi connectivity index (χ1v) is 8.53. The number of aliphatic carboxylic acids is 1. The molecule has 3 heterocycles. The SMILES string of the molecule is COC(=O)NC(C(=O)O)C(O)Cc1c(C)nc2n1C(=O)C1N=CN(C)C1N2C. The van der Waals surface area contributed by atoms with Gasteiger partial charge >= 0.3 is 12.1 Å². The summed E-state index contributed by atoms with van der Waals surface area (Å²) in [6.45, 7) is 1.67. The van der Waals surface area contributed by atoms with Crippen LogP contribution < -0.4 is 10.2 Å². The predicted molar refractivity (Wildman–Crippen MR) is 96.5 cm³/mol. The number of aliphatic imine (C=N–C) groups is 1. The lowest BCUT2D eigenvalue weighted by Gasteiger charge is -2.37. The predicted octanol–water partition coefficient (Wildman–Crippen LogP) is -1.34. The average molecular weight is 394 g/mol. The number of hydrogen-bond donors (Lipinski definition) is 3. The normalized spacial score (nSPS) is 22.5. The minimum absolute atomic E-state index is 0.212. The summed E-state index contributed by atoms with van der Waals surface area (Å²) in [7, 11) is 4.68. The summed E-state index contributed by atoms with van der Waals surface area (Å²) in [6, 6.07) is -2.27. The van der Waals surface area contributed by atoms with Crippen LogP contribution in [-0.2, 0) is 16.0 Å². The molecule has 0 fully saturated rings. The molecular formula is C16H22N6O6. The summed E-state index contributed by atoms with van der Waals surface area (Å²) in [5, 5.41) is 21.8. The van der Waals surface area contributed by atoms with Gasteiger partial charge in [-0.1, -0.05) is 0 Å². The number of carbonyl (C=O) groups excluding carboxylic acids is 2. The van der Waals surface area contributed by atoms with E-state index in [4.69, 9.17) is 0 Å². The maximum atomic E-state index is 13.0. The number of anilines is 1. The Kier molecular flexibility index (Phi) is 4.98. The van der Waals surface area contributed by atoms with E-state index in [0.717, 1.165) is 7.11 Å². The van der Waals surface area contributed by atoms with Gasteiger partial charge in [-0.15, -0.1) is 0 Å². The maximum Gasteiger partial charge on any atom is 0.407 e. The minimum atomic E-state index is -1.61. The summed E-state index contributed by atoms with van der Waals surface area (Å²) >= 11 is 0. The standard InChI is InChI=1S/C16H22N6O6/c1-7-8(5-9(23)10(14(25)26)19-16(27)28-4)22-13(24)11-12(20(2)6-17-11)21(3)15(22)18-7/h6,9-12,23H,5H2,1-4H3,(H,19,27)(H,25,26). The van der Waals surface area contributed by atoms with Gasteiger partial charge in [-0.2, -0.15) is 0 Å². The topological polar surface area (TPSA) is 150 Å². The van der Waals surface area contributed by atoms with Crippen LogP contribution in [0.3, 0.4) is 0 Å². The van der Waals surface area contributed by atoms with Gasteiger partial charge in [-0.25, -0.2) is 14.6 Å². The quantitative estimate of drug-likeness (QED) is 0.551. The zero-order valence-corrected chi connectivity index (χ0v) is 15.9. The van der Waals surface area contributed by atoms with Gasteiger partial charge in [0.15, 0.2) is 12.1 Å². The Hall–Kier alpha value is -3.15. The van der Waals surface area contributed by atoms with Crippen LogP contribution in [0.2, 0.25) is 0 Å². The molecule has 12 nitrogen and oxygen atoms in total. The van der Waals surface area contributed by atoms with Crippen LogP contribution in [0, 0.1) is 6.92 Å².